The molecule has 0 fully saturated rings. The fraction of sp³-hybridized carbons (Fsp3) is 0.125. The van der Waals surface area contributed by atoms with Crippen LogP contribution in [0.5, 0.6) is 17.2 Å². The third-order valence-electron chi connectivity index (χ3n) is 3.28. The first-order valence-corrected chi connectivity index (χ1v) is 7.65. The second-order valence-corrected chi connectivity index (χ2v) is 6.01. The zero-order chi connectivity index (χ0) is 15.8. The Morgan fingerprint density at radius 3 is 2.96 bits per heavy atom. The number of fused-ring (bicyclic) bond motifs is 1. The molecule has 7 heteroatoms. The fourth-order valence-corrected chi connectivity index (χ4v) is 3.06. The summed E-state index contributed by atoms with van der Waals surface area (Å²) >= 11 is 1.38. The highest BCUT2D eigenvalue weighted by Gasteiger charge is 2.21. The van der Waals surface area contributed by atoms with Crippen molar-refractivity contribution >= 4 is 17.3 Å². The number of esters is 1. The van der Waals surface area contributed by atoms with Crippen LogP contribution in [0.1, 0.15) is 15.4 Å². The first kappa shape index (κ1) is 13.8. The third-order valence-corrected chi connectivity index (χ3v) is 4.26. The number of aryl methyl sites for hydroxylation is 1. The van der Waals surface area contributed by atoms with Gasteiger partial charge in [-0.05, 0) is 31.2 Å². The van der Waals surface area contributed by atoms with Crippen molar-refractivity contribution in [2.45, 2.75) is 6.92 Å². The van der Waals surface area contributed by atoms with Gasteiger partial charge in [-0.2, -0.15) is 0 Å². The van der Waals surface area contributed by atoms with Gasteiger partial charge in [-0.1, -0.05) is 0 Å². The number of aromatic nitrogens is 1. The molecule has 1 aliphatic heterocycles. The lowest BCUT2D eigenvalue weighted by atomic mass is 10.3. The van der Waals surface area contributed by atoms with Crippen molar-refractivity contribution in [2.75, 3.05) is 6.79 Å². The van der Waals surface area contributed by atoms with Crippen molar-refractivity contribution in [3.05, 3.63) is 47.2 Å². The van der Waals surface area contributed by atoms with Gasteiger partial charge in [-0.3, -0.25) is 0 Å². The summed E-state index contributed by atoms with van der Waals surface area (Å²) in [6.45, 7) is 1.99. The number of nitrogens with zero attached hydrogens (tertiary/aromatic N) is 1. The molecular weight excluding hydrogens is 318 g/mol. The molecule has 0 radical (unpaired) electrons. The molecule has 3 heterocycles. The van der Waals surface area contributed by atoms with Crippen molar-refractivity contribution in [3.63, 3.8) is 0 Å². The molecule has 0 aliphatic carbocycles. The molecular formula is C16H11NO5S. The van der Waals surface area contributed by atoms with Gasteiger partial charge in [-0.15, -0.1) is 11.3 Å². The van der Waals surface area contributed by atoms with Crippen molar-refractivity contribution in [1.82, 2.24) is 4.98 Å². The average Bonchev–Trinajstić information content (AvgIpc) is 3.26. The van der Waals surface area contributed by atoms with Crippen LogP contribution in [-0.2, 0) is 0 Å². The van der Waals surface area contributed by atoms with E-state index < -0.39 is 5.97 Å². The van der Waals surface area contributed by atoms with E-state index in [-0.39, 0.29) is 12.5 Å². The van der Waals surface area contributed by atoms with Gasteiger partial charge in [0.1, 0.15) is 5.75 Å². The molecule has 0 saturated heterocycles. The molecule has 6 nitrogen and oxygen atoms in total. The minimum absolute atomic E-state index is 0.171. The number of carbonyl (C=O) groups excluding carboxylic acids is 1. The maximum absolute atomic E-state index is 12.3. The van der Waals surface area contributed by atoms with Crippen molar-refractivity contribution in [1.29, 1.82) is 0 Å². The van der Waals surface area contributed by atoms with Gasteiger partial charge in [0.25, 0.3) is 0 Å². The number of rotatable bonds is 3. The van der Waals surface area contributed by atoms with E-state index in [9.17, 15) is 4.79 Å². The predicted octanol–water partition coefficient (Wildman–Crippen LogP) is 3.66. The number of furan rings is 1. The van der Waals surface area contributed by atoms with E-state index >= 15 is 0 Å². The van der Waals surface area contributed by atoms with Crippen LogP contribution in [0.25, 0.3) is 10.8 Å². The van der Waals surface area contributed by atoms with Crippen LogP contribution in [0.2, 0.25) is 0 Å². The smallest absolute Gasteiger partial charge is 0.363 e. The minimum Gasteiger partial charge on any atom is -0.462 e. The maximum Gasteiger partial charge on any atom is 0.363 e. The number of ether oxygens (including phenoxy) is 3. The lowest BCUT2D eigenvalue weighted by molar-refractivity contribution is 0.0728. The van der Waals surface area contributed by atoms with Crippen LogP contribution in [0, 0.1) is 6.92 Å². The van der Waals surface area contributed by atoms with E-state index in [0.29, 0.717) is 28.0 Å². The SMILES string of the molecule is Cc1sc(-c2ccco2)nc1C(=O)Oc1ccc2c(c1)OCO2. The Bertz CT molecular complexity index is 869. The fourth-order valence-electron chi connectivity index (χ4n) is 2.19. The molecule has 0 amide bonds. The molecule has 1 aromatic carbocycles. The van der Waals surface area contributed by atoms with Gasteiger partial charge in [0.05, 0.1) is 6.26 Å². The Labute approximate surface area is 135 Å². The van der Waals surface area contributed by atoms with Crippen molar-refractivity contribution < 1.29 is 23.4 Å². The van der Waals surface area contributed by atoms with Gasteiger partial charge in [-0.25, -0.2) is 9.78 Å². The number of thiazole rings is 1. The van der Waals surface area contributed by atoms with Gasteiger partial charge in [0.2, 0.25) is 6.79 Å². The summed E-state index contributed by atoms with van der Waals surface area (Å²) < 4.78 is 21.2. The van der Waals surface area contributed by atoms with E-state index in [1.54, 1.807) is 36.6 Å². The van der Waals surface area contributed by atoms with E-state index in [2.05, 4.69) is 4.98 Å². The average molecular weight is 329 g/mol. The lowest BCUT2D eigenvalue weighted by Crippen LogP contribution is -2.10. The van der Waals surface area contributed by atoms with Crippen molar-refractivity contribution in [2.24, 2.45) is 0 Å². The Kier molecular flexibility index (Phi) is 3.27. The van der Waals surface area contributed by atoms with E-state index in [0.717, 1.165) is 4.88 Å². The normalized spacial score (nSPS) is 12.4. The van der Waals surface area contributed by atoms with Crippen molar-refractivity contribution in [3.8, 4) is 28.0 Å². The van der Waals surface area contributed by atoms with E-state index in [4.69, 9.17) is 18.6 Å². The minimum atomic E-state index is -0.518. The number of carbonyl (C=O) groups is 1. The summed E-state index contributed by atoms with van der Waals surface area (Å²) in [5, 5.41) is 0.644. The number of hydrogen-bond donors (Lipinski definition) is 0. The second kappa shape index (κ2) is 5.44. The molecule has 0 bridgehead atoms. The van der Waals surface area contributed by atoms with Crippen LogP contribution in [0.3, 0.4) is 0 Å². The van der Waals surface area contributed by atoms with Crippen LogP contribution in [-0.4, -0.2) is 17.7 Å². The lowest BCUT2D eigenvalue weighted by Gasteiger charge is -2.04. The molecule has 3 aromatic rings. The highest BCUT2D eigenvalue weighted by molar-refractivity contribution is 7.15. The monoisotopic (exact) mass is 329 g/mol. The highest BCUT2D eigenvalue weighted by atomic mass is 32.1. The quantitative estimate of drug-likeness (QED) is 0.539. The highest BCUT2D eigenvalue weighted by Crippen LogP contribution is 2.35. The standard InChI is InChI=1S/C16H11NO5S/c1-9-14(17-15(23-9)12-3-2-6-19-12)16(18)22-10-4-5-11-13(7-10)21-8-20-11/h2-7H,8H2,1H3. The molecule has 116 valence electrons. The Balaban J connectivity index is 1.57. The maximum atomic E-state index is 12.3. The first-order chi connectivity index (χ1) is 11.2. The zero-order valence-corrected chi connectivity index (χ0v) is 12.9. The van der Waals surface area contributed by atoms with Gasteiger partial charge in [0, 0.05) is 10.9 Å². The molecule has 0 N–H and O–H groups in total. The first-order valence-electron chi connectivity index (χ1n) is 6.84. The summed E-state index contributed by atoms with van der Waals surface area (Å²) in [5.74, 6) is 1.68. The summed E-state index contributed by atoms with van der Waals surface area (Å²) in [5.41, 5.74) is 0.277. The molecule has 0 spiro atoms. The molecule has 4 rings (SSSR count). The van der Waals surface area contributed by atoms with Crippen LogP contribution >= 0.6 is 11.3 Å². The molecule has 23 heavy (non-hydrogen) atoms. The van der Waals surface area contributed by atoms with E-state index in [1.165, 1.54) is 11.3 Å². The summed E-state index contributed by atoms with van der Waals surface area (Å²) in [7, 11) is 0. The third kappa shape index (κ3) is 2.55. The topological polar surface area (TPSA) is 70.8 Å². The molecule has 0 atom stereocenters. The van der Waals surface area contributed by atoms with Crippen LogP contribution in [0.4, 0.5) is 0 Å². The number of benzene rings is 1. The van der Waals surface area contributed by atoms with Gasteiger partial charge < -0.3 is 18.6 Å². The molecule has 0 saturated carbocycles. The zero-order valence-electron chi connectivity index (χ0n) is 12.1. The Hall–Kier alpha value is -2.80. The molecule has 0 unspecified atom stereocenters. The molecule has 1 aliphatic rings. The van der Waals surface area contributed by atoms with Gasteiger partial charge in [0.15, 0.2) is 28.0 Å². The largest absolute Gasteiger partial charge is 0.462 e. The van der Waals surface area contributed by atoms with Crippen LogP contribution in [0.15, 0.2) is 41.0 Å². The van der Waals surface area contributed by atoms with Crippen LogP contribution < -0.4 is 14.2 Å². The predicted molar refractivity (Wildman–Crippen MR) is 82.1 cm³/mol. The second-order valence-electron chi connectivity index (χ2n) is 4.81. The summed E-state index contributed by atoms with van der Waals surface area (Å²) in [6, 6.07) is 8.55. The van der Waals surface area contributed by atoms with E-state index in [1.807, 2.05) is 6.92 Å². The summed E-state index contributed by atoms with van der Waals surface area (Å²) in [4.78, 5) is 17.4. The molecule has 2 aromatic heterocycles. The van der Waals surface area contributed by atoms with Gasteiger partial charge >= 0.3 is 5.97 Å². The Morgan fingerprint density at radius 2 is 2.13 bits per heavy atom. The summed E-state index contributed by atoms with van der Waals surface area (Å²) in [6.07, 6.45) is 1.57. The Morgan fingerprint density at radius 1 is 1.26 bits per heavy atom. The number of hydrogen-bond acceptors (Lipinski definition) is 7.